The van der Waals surface area contributed by atoms with Crippen LogP contribution < -0.4 is 20.3 Å². The minimum Gasteiger partial charge on any atom is -0.454 e. The van der Waals surface area contributed by atoms with Crippen LogP contribution in [-0.4, -0.2) is 27.4 Å². The second-order valence-electron chi connectivity index (χ2n) is 5.96. The Morgan fingerprint density at radius 2 is 2.08 bits per heavy atom. The lowest BCUT2D eigenvalue weighted by molar-refractivity contribution is -0.121. The topological polar surface area (TPSA) is 108 Å². The molecule has 1 N–H and O–H groups in total. The van der Waals surface area contributed by atoms with Gasteiger partial charge in [-0.15, -0.1) is 0 Å². The predicted molar refractivity (Wildman–Crippen MR) is 89.9 cm³/mol. The van der Waals surface area contributed by atoms with Crippen LogP contribution >= 0.6 is 0 Å². The molecule has 0 saturated heterocycles. The largest absolute Gasteiger partial charge is 0.454 e. The van der Waals surface area contributed by atoms with Gasteiger partial charge in [0.05, 0.1) is 5.69 Å². The minimum atomic E-state index is -0.343. The number of hydrogen-bond donors (Lipinski definition) is 1. The lowest BCUT2D eigenvalue weighted by Crippen LogP contribution is -2.33. The molecule has 0 atom stereocenters. The van der Waals surface area contributed by atoms with E-state index in [-0.39, 0.29) is 30.5 Å². The van der Waals surface area contributed by atoms with Gasteiger partial charge in [-0.25, -0.2) is 0 Å². The Hall–Kier alpha value is -3.36. The van der Waals surface area contributed by atoms with E-state index in [1.54, 1.807) is 19.9 Å². The molecule has 3 heterocycles. The van der Waals surface area contributed by atoms with Crippen LogP contribution in [0, 0.1) is 13.8 Å². The maximum absolute atomic E-state index is 12.6. The number of benzene rings is 1. The molecule has 1 amide bonds. The number of nitrogens with one attached hydrogen (secondary N) is 1. The highest BCUT2D eigenvalue weighted by atomic mass is 16.7. The molecule has 0 aliphatic carbocycles. The fourth-order valence-electron chi connectivity index (χ4n) is 2.81. The van der Waals surface area contributed by atoms with Crippen molar-refractivity contribution in [1.82, 2.24) is 20.0 Å². The van der Waals surface area contributed by atoms with Crippen molar-refractivity contribution >= 4 is 17.0 Å². The average molecular weight is 356 g/mol. The van der Waals surface area contributed by atoms with Gasteiger partial charge in [0.25, 0.3) is 11.3 Å². The Labute approximate surface area is 147 Å². The van der Waals surface area contributed by atoms with Crippen molar-refractivity contribution in [3.05, 3.63) is 45.6 Å². The molecule has 1 aliphatic heterocycles. The molecule has 0 saturated carbocycles. The third kappa shape index (κ3) is 2.77. The van der Waals surface area contributed by atoms with Crippen molar-refractivity contribution in [3.63, 3.8) is 0 Å². The summed E-state index contributed by atoms with van der Waals surface area (Å²) >= 11 is 0. The maximum Gasteiger partial charge on any atom is 0.267 e. The monoisotopic (exact) mass is 356 g/mol. The first-order valence-corrected chi connectivity index (χ1v) is 8.01. The van der Waals surface area contributed by atoms with Crippen LogP contribution in [0.25, 0.3) is 11.1 Å². The molecule has 4 rings (SSSR count). The summed E-state index contributed by atoms with van der Waals surface area (Å²) < 4.78 is 16.9. The van der Waals surface area contributed by atoms with Crippen LogP contribution in [0.2, 0.25) is 0 Å². The van der Waals surface area contributed by atoms with Crippen molar-refractivity contribution in [1.29, 1.82) is 0 Å². The third-order valence-corrected chi connectivity index (χ3v) is 4.19. The van der Waals surface area contributed by atoms with Gasteiger partial charge >= 0.3 is 0 Å². The summed E-state index contributed by atoms with van der Waals surface area (Å²) in [5, 5.41) is 6.83. The van der Waals surface area contributed by atoms with Gasteiger partial charge in [-0.2, -0.15) is 4.98 Å². The second kappa shape index (κ2) is 6.17. The van der Waals surface area contributed by atoms with Crippen LogP contribution in [0.15, 0.2) is 27.5 Å². The Balaban J connectivity index is 1.49. The third-order valence-electron chi connectivity index (χ3n) is 4.19. The van der Waals surface area contributed by atoms with Gasteiger partial charge in [-0.3, -0.25) is 14.2 Å². The van der Waals surface area contributed by atoms with Gasteiger partial charge < -0.3 is 19.3 Å². The van der Waals surface area contributed by atoms with E-state index in [1.807, 2.05) is 12.1 Å². The first-order valence-electron chi connectivity index (χ1n) is 8.01. The molecule has 0 unspecified atom stereocenters. The SMILES string of the molecule is Cc1noc2nc(C)n(CC(=O)NCc3ccc4c(c3)OCO4)c(=O)c12. The number of carbonyl (C=O) groups is 1. The molecule has 9 heteroatoms. The number of nitrogens with zero attached hydrogens (tertiary/aromatic N) is 3. The van der Waals surface area contributed by atoms with Gasteiger partial charge in [0.2, 0.25) is 12.7 Å². The molecule has 0 spiro atoms. The summed E-state index contributed by atoms with van der Waals surface area (Å²) in [5.74, 6) is 1.42. The molecule has 134 valence electrons. The zero-order valence-electron chi connectivity index (χ0n) is 14.2. The molecule has 2 aromatic heterocycles. The summed E-state index contributed by atoms with van der Waals surface area (Å²) in [6.45, 7) is 3.68. The van der Waals surface area contributed by atoms with Gasteiger partial charge in [0, 0.05) is 6.54 Å². The van der Waals surface area contributed by atoms with Crippen molar-refractivity contribution in [2.75, 3.05) is 6.79 Å². The van der Waals surface area contributed by atoms with Crippen molar-refractivity contribution in [2.24, 2.45) is 0 Å². The van der Waals surface area contributed by atoms with E-state index in [0.29, 0.717) is 34.9 Å². The molecule has 0 radical (unpaired) electrons. The summed E-state index contributed by atoms with van der Waals surface area (Å²) in [6.07, 6.45) is 0. The first-order chi connectivity index (χ1) is 12.5. The number of aryl methyl sites for hydroxylation is 2. The Morgan fingerprint density at radius 3 is 2.92 bits per heavy atom. The van der Waals surface area contributed by atoms with Crippen molar-refractivity contribution in [2.45, 2.75) is 26.9 Å². The first kappa shape index (κ1) is 16.1. The Morgan fingerprint density at radius 1 is 1.27 bits per heavy atom. The highest BCUT2D eigenvalue weighted by Crippen LogP contribution is 2.32. The summed E-state index contributed by atoms with van der Waals surface area (Å²) in [7, 11) is 0. The standard InChI is InChI=1S/C17H16N4O5/c1-9-15-16(26-20-9)19-10(2)21(17(15)23)7-14(22)18-6-11-3-4-12-13(5-11)25-8-24-12/h3-5H,6-8H2,1-2H3,(H,18,22). The smallest absolute Gasteiger partial charge is 0.267 e. The van der Waals surface area contributed by atoms with Crippen LogP contribution in [0.5, 0.6) is 11.5 Å². The number of fused-ring (bicyclic) bond motifs is 2. The zero-order chi connectivity index (χ0) is 18.3. The number of aromatic nitrogens is 3. The van der Waals surface area contributed by atoms with Gasteiger partial charge in [-0.1, -0.05) is 11.2 Å². The Bertz CT molecular complexity index is 1070. The summed E-state index contributed by atoms with van der Waals surface area (Å²) in [6, 6.07) is 5.46. The molecule has 26 heavy (non-hydrogen) atoms. The molecule has 1 aliphatic rings. The lowest BCUT2D eigenvalue weighted by atomic mass is 10.2. The van der Waals surface area contributed by atoms with Crippen LogP contribution in [-0.2, 0) is 17.9 Å². The van der Waals surface area contributed by atoms with E-state index in [2.05, 4.69) is 15.5 Å². The van der Waals surface area contributed by atoms with Gasteiger partial charge in [-0.05, 0) is 31.5 Å². The molecule has 9 nitrogen and oxygen atoms in total. The number of ether oxygens (including phenoxy) is 2. The maximum atomic E-state index is 12.6. The van der Waals surface area contributed by atoms with E-state index >= 15 is 0 Å². The number of rotatable bonds is 4. The lowest BCUT2D eigenvalue weighted by Gasteiger charge is -2.10. The molecule has 1 aromatic carbocycles. The van der Waals surface area contributed by atoms with Crippen LogP contribution in [0.3, 0.4) is 0 Å². The van der Waals surface area contributed by atoms with Crippen molar-refractivity contribution < 1.29 is 18.8 Å². The fraction of sp³-hybridized carbons (Fsp3) is 0.294. The number of amides is 1. The molecular weight excluding hydrogens is 340 g/mol. The molecule has 0 bridgehead atoms. The van der Waals surface area contributed by atoms with E-state index in [0.717, 1.165) is 5.56 Å². The summed E-state index contributed by atoms with van der Waals surface area (Å²) in [5.41, 5.74) is 1.16. The van der Waals surface area contributed by atoms with E-state index in [4.69, 9.17) is 14.0 Å². The van der Waals surface area contributed by atoms with Crippen LogP contribution in [0.1, 0.15) is 17.1 Å². The molecular formula is C17H16N4O5. The van der Waals surface area contributed by atoms with E-state index in [1.165, 1.54) is 4.57 Å². The quantitative estimate of drug-likeness (QED) is 0.744. The van der Waals surface area contributed by atoms with E-state index < -0.39 is 0 Å². The second-order valence-corrected chi connectivity index (χ2v) is 5.96. The minimum absolute atomic E-state index is 0.136. The fourth-order valence-corrected chi connectivity index (χ4v) is 2.81. The molecule has 3 aromatic rings. The zero-order valence-corrected chi connectivity index (χ0v) is 14.2. The van der Waals surface area contributed by atoms with Gasteiger partial charge in [0.15, 0.2) is 11.5 Å². The van der Waals surface area contributed by atoms with Gasteiger partial charge in [0.1, 0.15) is 17.8 Å². The number of hydrogen-bond acceptors (Lipinski definition) is 7. The summed E-state index contributed by atoms with van der Waals surface area (Å²) in [4.78, 5) is 29.1. The average Bonchev–Trinajstić information content (AvgIpc) is 3.23. The molecule has 0 fully saturated rings. The van der Waals surface area contributed by atoms with Crippen LogP contribution in [0.4, 0.5) is 0 Å². The Kier molecular flexibility index (Phi) is 3.83. The normalized spacial score (nSPS) is 12.5. The number of carbonyl (C=O) groups excluding carboxylic acids is 1. The highest BCUT2D eigenvalue weighted by molar-refractivity contribution is 5.77. The van der Waals surface area contributed by atoms with E-state index in [9.17, 15) is 9.59 Å². The highest BCUT2D eigenvalue weighted by Gasteiger charge is 2.17. The van der Waals surface area contributed by atoms with Crippen molar-refractivity contribution in [3.8, 4) is 11.5 Å². The predicted octanol–water partition coefficient (Wildman–Crippen LogP) is 1.05.